The van der Waals surface area contributed by atoms with Crippen LogP contribution >= 0.6 is 0 Å². The van der Waals surface area contributed by atoms with Crippen LogP contribution < -0.4 is 15.4 Å². The second kappa shape index (κ2) is 6.75. The molecule has 0 saturated carbocycles. The summed E-state index contributed by atoms with van der Waals surface area (Å²) in [5.41, 5.74) is 3.73. The summed E-state index contributed by atoms with van der Waals surface area (Å²) in [6.07, 6.45) is 5.22. The Morgan fingerprint density at radius 1 is 1.25 bits per heavy atom. The quantitative estimate of drug-likeness (QED) is 0.564. The van der Waals surface area contributed by atoms with E-state index in [4.69, 9.17) is 4.74 Å². The largest absolute Gasteiger partial charge is 0.479 e. The molecule has 1 fully saturated rings. The number of alkyl halides is 1. The van der Waals surface area contributed by atoms with Gasteiger partial charge in [0.25, 0.3) is 0 Å². The standard InChI is InChI=1S/C19H20FN7O/c1-28-18-17-14(12-4-8-26-13(10-12)2-7-22-26)5-9-27(17)25-19(24-18)23-16-3-6-21-11-15(16)20/h2,4-5,7-10,15-16,21H,3,6,11H2,1H3,(H,23,25)/t15-,16+/m0/s1. The third-order valence-electron chi connectivity index (χ3n) is 5.11. The molecule has 2 N–H and O–H groups in total. The highest BCUT2D eigenvalue weighted by Gasteiger charge is 2.26. The van der Waals surface area contributed by atoms with Gasteiger partial charge in [-0.15, -0.1) is 5.10 Å². The van der Waals surface area contributed by atoms with Crippen molar-refractivity contribution in [3.63, 3.8) is 0 Å². The van der Waals surface area contributed by atoms with Crippen molar-refractivity contribution in [1.29, 1.82) is 0 Å². The lowest BCUT2D eigenvalue weighted by atomic mass is 10.1. The van der Waals surface area contributed by atoms with Gasteiger partial charge in [-0.3, -0.25) is 0 Å². The predicted molar refractivity (Wildman–Crippen MR) is 104 cm³/mol. The van der Waals surface area contributed by atoms with Gasteiger partial charge < -0.3 is 15.4 Å². The lowest BCUT2D eigenvalue weighted by Gasteiger charge is -2.27. The second-order valence-electron chi connectivity index (χ2n) is 6.84. The van der Waals surface area contributed by atoms with E-state index in [1.807, 2.05) is 35.1 Å². The number of hydrogen-bond donors (Lipinski definition) is 2. The topological polar surface area (TPSA) is 80.8 Å². The Labute approximate surface area is 160 Å². The van der Waals surface area contributed by atoms with Gasteiger partial charge in [-0.1, -0.05) is 0 Å². The molecule has 28 heavy (non-hydrogen) atoms. The van der Waals surface area contributed by atoms with E-state index in [0.717, 1.165) is 28.7 Å². The smallest absolute Gasteiger partial charge is 0.244 e. The predicted octanol–water partition coefficient (Wildman–Crippen LogP) is 2.16. The number of piperidine rings is 1. The Morgan fingerprint density at radius 2 is 2.14 bits per heavy atom. The molecule has 5 heterocycles. The summed E-state index contributed by atoms with van der Waals surface area (Å²) in [7, 11) is 1.57. The monoisotopic (exact) mass is 381 g/mol. The minimum Gasteiger partial charge on any atom is -0.479 e. The lowest BCUT2D eigenvalue weighted by Crippen LogP contribution is -2.45. The zero-order valence-corrected chi connectivity index (χ0v) is 15.3. The summed E-state index contributed by atoms with van der Waals surface area (Å²) < 4.78 is 23.2. The molecule has 0 radical (unpaired) electrons. The molecule has 5 rings (SSSR count). The molecule has 0 amide bonds. The van der Waals surface area contributed by atoms with Crippen LogP contribution in [0.3, 0.4) is 0 Å². The molecule has 1 aliphatic rings. The van der Waals surface area contributed by atoms with Crippen molar-refractivity contribution in [2.45, 2.75) is 18.6 Å². The highest BCUT2D eigenvalue weighted by Crippen LogP contribution is 2.32. The first kappa shape index (κ1) is 16.9. The molecule has 0 unspecified atom stereocenters. The van der Waals surface area contributed by atoms with Crippen LogP contribution in [-0.2, 0) is 0 Å². The van der Waals surface area contributed by atoms with Crippen LogP contribution in [-0.4, -0.2) is 56.6 Å². The maximum Gasteiger partial charge on any atom is 0.244 e. The molecule has 0 aromatic carbocycles. The first-order chi connectivity index (χ1) is 13.7. The fourth-order valence-corrected chi connectivity index (χ4v) is 3.67. The molecule has 1 saturated heterocycles. The Morgan fingerprint density at radius 3 is 3.00 bits per heavy atom. The number of nitrogens with zero attached hydrogens (tertiary/aromatic N) is 5. The molecule has 0 bridgehead atoms. The van der Waals surface area contributed by atoms with Crippen LogP contribution in [0.5, 0.6) is 5.88 Å². The number of aromatic nitrogens is 5. The maximum atomic E-state index is 14.1. The minimum atomic E-state index is -0.985. The van der Waals surface area contributed by atoms with Gasteiger partial charge in [-0.25, -0.2) is 13.4 Å². The maximum absolute atomic E-state index is 14.1. The summed E-state index contributed by atoms with van der Waals surface area (Å²) in [4.78, 5) is 4.49. The van der Waals surface area contributed by atoms with Crippen LogP contribution in [0.25, 0.3) is 22.2 Å². The van der Waals surface area contributed by atoms with Crippen molar-refractivity contribution >= 4 is 17.0 Å². The molecule has 144 valence electrons. The highest BCUT2D eigenvalue weighted by molar-refractivity contribution is 5.85. The number of methoxy groups -OCH3 is 1. The Bertz CT molecular complexity index is 1140. The molecular weight excluding hydrogens is 361 g/mol. The fraction of sp³-hybridized carbons (Fsp3) is 0.316. The van der Waals surface area contributed by atoms with E-state index in [9.17, 15) is 4.39 Å². The van der Waals surface area contributed by atoms with Crippen molar-refractivity contribution < 1.29 is 9.13 Å². The number of pyridine rings is 1. The van der Waals surface area contributed by atoms with Crippen LogP contribution in [0.2, 0.25) is 0 Å². The van der Waals surface area contributed by atoms with Crippen molar-refractivity contribution in [2.75, 3.05) is 25.5 Å². The van der Waals surface area contributed by atoms with E-state index < -0.39 is 6.17 Å². The zero-order chi connectivity index (χ0) is 19.1. The number of anilines is 1. The van der Waals surface area contributed by atoms with Gasteiger partial charge in [0.2, 0.25) is 11.8 Å². The highest BCUT2D eigenvalue weighted by atomic mass is 19.1. The summed E-state index contributed by atoms with van der Waals surface area (Å²) in [6.45, 7) is 1.10. The van der Waals surface area contributed by atoms with E-state index in [1.54, 1.807) is 17.8 Å². The van der Waals surface area contributed by atoms with Gasteiger partial charge >= 0.3 is 0 Å². The van der Waals surface area contributed by atoms with Gasteiger partial charge in [0.1, 0.15) is 11.7 Å². The van der Waals surface area contributed by atoms with Gasteiger partial charge in [0.05, 0.1) is 18.7 Å². The van der Waals surface area contributed by atoms with Crippen molar-refractivity contribution in [3.05, 3.63) is 42.9 Å². The first-order valence-electron chi connectivity index (χ1n) is 9.21. The van der Waals surface area contributed by atoms with Crippen molar-refractivity contribution in [3.8, 4) is 17.0 Å². The van der Waals surface area contributed by atoms with Gasteiger partial charge in [-0.2, -0.15) is 10.1 Å². The molecule has 9 heteroatoms. The minimum absolute atomic E-state index is 0.317. The second-order valence-corrected chi connectivity index (χ2v) is 6.84. The number of fused-ring (bicyclic) bond motifs is 2. The van der Waals surface area contributed by atoms with Crippen molar-refractivity contribution in [2.24, 2.45) is 0 Å². The summed E-state index contributed by atoms with van der Waals surface area (Å²) in [6, 6.07) is 7.65. The number of nitrogens with one attached hydrogen (secondary N) is 2. The molecule has 0 aliphatic carbocycles. The van der Waals surface area contributed by atoms with Crippen LogP contribution in [0.1, 0.15) is 6.42 Å². The molecule has 1 aliphatic heterocycles. The zero-order valence-electron chi connectivity index (χ0n) is 15.3. The molecular formula is C19H20FN7O. The molecule has 4 aromatic rings. The number of rotatable bonds is 4. The van der Waals surface area contributed by atoms with Crippen LogP contribution in [0.15, 0.2) is 42.9 Å². The third kappa shape index (κ3) is 2.84. The van der Waals surface area contributed by atoms with E-state index in [0.29, 0.717) is 24.8 Å². The first-order valence-corrected chi connectivity index (χ1v) is 9.21. The lowest BCUT2D eigenvalue weighted by molar-refractivity contribution is 0.244. The summed E-state index contributed by atoms with van der Waals surface area (Å²) >= 11 is 0. The SMILES string of the molecule is COc1nc(N[C@@H]2CCNC[C@@H]2F)nn2ccc(-c3ccn4nccc4c3)c12. The van der Waals surface area contributed by atoms with Crippen LogP contribution in [0, 0.1) is 0 Å². The Balaban J connectivity index is 1.55. The van der Waals surface area contributed by atoms with E-state index >= 15 is 0 Å². The number of halogens is 1. The molecule has 4 aromatic heterocycles. The third-order valence-corrected chi connectivity index (χ3v) is 5.11. The number of ether oxygens (including phenoxy) is 1. The molecule has 2 atom stereocenters. The van der Waals surface area contributed by atoms with Gasteiger partial charge in [-0.05, 0) is 42.8 Å². The van der Waals surface area contributed by atoms with E-state index in [1.165, 1.54) is 0 Å². The van der Waals surface area contributed by atoms with Crippen molar-refractivity contribution in [1.82, 2.24) is 29.5 Å². The van der Waals surface area contributed by atoms with Gasteiger partial charge in [0, 0.05) is 30.7 Å². The summed E-state index contributed by atoms with van der Waals surface area (Å²) in [5, 5.41) is 14.9. The molecule has 0 spiro atoms. The number of hydrogen-bond acceptors (Lipinski definition) is 6. The van der Waals surface area contributed by atoms with Gasteiger partial charge in [0.15, 0.2) is 0 Å². The molecule has 8 nitrogen and oxygen atoms in total. The Kier molecular flexibility index (Phi) is 4.09. The average molecular weight is 381 g/mol. The normalized spacial score (nSPS) is 19.9. The van der Waals surface area contributed by atoms with E-state index in [-0.39, 0.29) is 6.04 Å². The summed E-state index contributed by atoms with van der Waals surface area (Å²) in [5.74, 6) is 0.794. The fourth-order valence-electron chi connectivity index (χ4n) is 3.67. The van der Waals surface area contributed by atoms with Crippen LogP contribution in [0.4, 0.5) is 10.3 Å². The Hall–Kier alpha value is -3.20. The average Bonchev–Trinajstić information content (AvgIpc) is 3.35. The van der Waals surface area contributed by atoms with E-state index in [2.05, 4.69) is 31.9 Å².